The molecule has 26 heavy (non-hydrogen) atoms. The zero-order chi connectivity index (χ0) is 18.7. The SMILES string of the molecule is Cc1ccc(C)c(-c2csc(NC(=O)/C=C/c3ccc(Cl)cc3Cl)n2)c1. The number of aryl methyl sites for hydroxylation is 2. The van der Waals surface area contributed by atoms with Gasteiger partial charge in [-0.05, 0) is 49.2 Å². The average molecular weight is 403 g/mol. The molecule has 6 heteroatoms. The number of carbonyl (C=O) groups excluding carboxylic acids is 1. The predicted octanol–water partition coefficient (Wildman–Crippen LogP) is 6.39. The second-order valence-corrected chi connectivity index (χ2v) is 7.55. The van der Waals surface area contributed by atoms with Gasteiger partial charge < -0.3 is 0 Å². The quantitative estimate of drug-likeness (QED) is 0.513. The summed E-state index contributed by atoms with van der Waals surface area (Å²) in [5, 5.41) is 6.32. The number of rotatable bonds is 4. The standard InChI is InChI=1S/C20H16Cl2N2OS/c1-12-3-4-13(2)16(9-12)18-11-26-20(23-18)24-19(25)8-6-14-5-7-15(21)10-17(14)22/h3-11H,1-2H3,(H,23,24,25)/b8-6+. The van der Waals surface area contributed by atoms with Crippen molar-refractivity contribution in [2.75, 3.05) is 5.32 Å². The Kier molecular flexibility index (Phi) is 5.77. The van der Waals surface area contributed by atoms with Gasteiger partial charge in [-0.3, -0.25) is 10.1 Å². The molecule has 0 aliphatic rings. The van der Waals surface area contributed by atoms with Gasteiger partial charge in [0.1, 0.15) is 0 Å². The lowest BCUT2D eigenvalue weighted by atomic mass is 10.0. The van der Waals surface area contributed by atoms with E-state index in [1.165, 1.54) is 23.0 Å². The Morgan fingerprint density at radius 1 is 1.15 bits per heavy atom. The molecule has 0 saturated heterocycles. The number of amides is 1. The van der Waals surface area contributed by atoms with Crippen LogP contribution in [0.4, 0.5) is 5.13 Å². The minimum Gasteiger partial charge on any atom is -0.298 e. The number of aromatic nitrogens is 1. The number of carbonyl (C=O) groups is 1. The summed E-state index contributed by atoms with van der Waals surface area (Å²) in [6.45, 7) is 4.09. The molecule has 1 N–H and O–H groups in total. The van der Waals surface area contributed by atoms with Crippen LogP contribution in [0.2, 0.25) is 10.0 Å². The maximum Gasteiger partial charge on any atom is 0.250 e. The van der Waals surface area contributed by atoms with Gasteiger partial charge in [0.2, 0.25) is 5.91 Å². The lowest BCUT2D eigenvalue weighted by Crippen LogP contribution is -2.07. The Morgan fingerprint density at radius 2 is 1.96 bits per heavy atom. The van der Waals surface area contributed by atoms with E-state index < -0.39 is 0 Å². The maximum absolute atomic E-state index is 12.1. The van der Waals surface area contributed by atoms with E-state index in [-0.39, 0.29) is 5.91 Å². The predicted molar refractivity (Wildman–Crippen MR) is 111 cm³/mol. The number of anilines is 1. The average Bonchev–Trinajstić information content (AvgIpc) is 3.04. The van der Waals surface area contributed by atoms with Gasteiger partial charge in [-0.25, -0.2) is 4.98 Å². The molecule has 0 unspecified atom stereocenters. The number of hydrogen-bond donors (Lipinski definition) is 1. The highest BCUT2D eigenvalue weighted by atomic mass is 35.5. The number of hydrogen-bond acceptors (Lipinski definition) is 3. The minimum absolute atomic E-state index is 0.266. The topological polar surface area (TPSA) is 42.0 Å². The molecular formula is C20H16Cl2N2OS. The smallest absolute Gasteiger partial charge is 0.250 e. The Labute approximate surface area is 166 Å². The Balaban J connectivity index is 1.71. The van der Waals surface area contributed by atoms with E-state index in [1.54, 1.807) is 24.3 Å². The van der Waals surface area contributed by atoms with E-state index in [0.29, 0.717) is 15.2 Å². The van der Waals surface area contributed by atoms with Gasteiger partial charge >= 0.3 is 0 Å². The zero-order valence-electron chi connectivity index (χ0n) is 14.2. The van der Waals surface area contributed by atoms with Crippen LogP contribution in [-0.4, -0.2) is 10.9 Å². The molecule has 0 bridgehead atoms. The van der Waals surface area contributed by atoms with Crippen LogP contribution in [0.15, 0.2) is 47.9 Å². The van der Waals surface area contributed by atoms with Gasteiger partial charge in [0.15, 0.2) is 5.13 Å². The largest absolute Gasteiger partial charge is 0.298 e. The Bertz CT molecular complexity index is 995. The fourth-order valence-electron chi connectivity index (χ4n) is 2.42. The normalized spacial score (nSPS) is 11.1. The van der Waals surface area contributed by atoms with Crippen molar-refractivity contribution in [3.05, 3.63) is 74.6 Å². The first-order chi connectivity index (χ1) is 12.4. The molecule has 1 amide bonds. The first-order valence-electron chi connectivity index (χ1n) is 7.89. The molecule has 0 atom stereocenters. The molecule has 1 aromatic heterocycles. The highest BCUT2D eigenvalue weighted by Gasteiger charge is 2.09. The molecule has 0 fully saturated rings. The highest BCUT2D eigenvalue weighted by molar-refractivity contribution is 7.14. The van der Waals surface area contributed by atoms with Crippen LogP contribution in [0.25, 0.3) is 17.3 Å². The van der Waals surface area contributed by atoms with Crippen LogP contribution >= 0.6 is 34.5 Å². The van der Waals surface area contributed by atoms with Crippen LogP contribution in [0, 0.1) is 13.8 Å². The van der Waals surface area contributed by atoms with Crippen molar-refractivity contribution in [1.82, 2.24) is 4.98 Å². The summed E-state index contributed by atoms with van der Waals surface area (Å²) in [7, 11) is 0. The molecule has 0 aliphatic heterocycles. The molecule has 3 rings (SSSR count). The van der Waals surface area contributed by atoms with Crippen LogP contribution in [0.5, 0.6) is 0 Å². The third-order valence-electron chi connectivity index (χ3n) is 3.78. The first-order valence-corrected chi connectivity index (χ1v) is 9.53. The van der Waals surface area contributed by atoms with Gasteiger partial charge in [-0.15, -0.1) is 11.3 Å². The molecule has 3 aromatic rings. The van der Waals surface area contributed by atoms with E-state index in [2.05, 4.69) is 28.5 Å². The monoisotopic (exact) mass is 402 g/mol. The third-order valence-corrected chi connectivity index (χ3v) is 5.10. The number of thiazole rings is 1. The van der Waals surface area contributed by atoms with E-state index in [9.17, 15) is 4.79 Å². The summed E-state index contributed by atoms with van der Waals surface area (Å²) >= 11 is 13.4. The van der Waals surface area contributed by atoms with Crippen LogP contribution < -0.4 is 5.32 Å². The Hall–Kier alpha value is -2.14. The van der Waals surface area contributed by atoms with Crippen LogP contribution in [0.1, 0.15) is 16.7 Å². The summed E-state index contributed by atoms with van der Waals surface area (Å²) in [4.78, 5) is 16.6. The molecule has 0 spiro atoms. The molecule has 0 aliphatic carbocycles. The number of benzene rings is 2. The fraction of sp³-hybridized carbons (Fsp3) is 0.100. The van der Waals surface area contributed by atoms with Gasteiger partial charge in [-0.2, -0.15) is 0 Å². The fourth-order valence-corrected chi connectivity index (χ4v) is 3.60. The minimum atomic E-state index is -0.266. The molecule has 0 saturated carbocycles. The van der Waals surface area contributed by atoms with Crippen molar-refractivity contribution < 1.29 is 4.79 Å². The summed E-state index contributed by atoms with van der Waals surface area (Å²) in [6.07, 6.45) is 3.07. The van der Waals surface area contributed by atoms with E-state index in [1.807, 2.05) is 19.2 Å². The second kappa shape index (κ2) is 8.04. The second-order valence-electron chi connectivity index (χ2n) is 5.84. The summed E-state index contributed by atoms with van der Waals surface area (Å²) < 4.78 is 0. The van der Waals surface area contributed by atoms with Crippen LogP contribution in [0.3, 0.4) is 0 Å². The highest BCUT2D eigenvalue weighted by Crippen LogP contribution is 2.28. The van der Waals surface area contributed by atoms with Crippen molar-refractivity contribution in [3.63, 3.8) is 0 Å². The van der Waals surface area contributed by atoms with E-state index in [4.69, 9.17) is 23.2 Å². The van der Waals surface area contributed by atoms with Crippen LogP contribution in [-0.2, 0) is 4.79 Å². The third kappa shape index (κ3) is 4.52. The van der Waals surface area contributed by atoms with Crippen molar-refractivity contribution in [1.29, 1.82) is 0 Å². The first kappa shape index (κ1) is 18.6. The molecule has 0 radical (unpaired) electrons. The summed E-state index contributed by atoms with van der Waals surface area (Å²) in [5.74, 6) is -0.266. The lowest BCUT2D eigenvalue weighted by molar-refractivity contribution is -0.111. The van der Waals surface area contributed by atoms with Gasteiger partial charge in [0.25, 0.3) is 0 Å². The summed E-state index contributed by atoms with van der Waals surface area (Å²) in [6, 6.07) is 11.4. The van der Waals surface area contributed by atoms with E-state index in [0.717, 1.165) is 22.4 Å². The van der Waals surface area contributed by atoms with Crippen molar-refractivity contribution >= 4 is 51.7 Å². The summed E-state index contributed by atoms with van der Waals surface area (Å²) in [5.41, 5.74) is 4.98. The molecule has 132 valence electrons. The molecular weight excluding hydrogens is 387 g/mol. The zero-order valence-corrected chi connectivity index (χ0v) is 16.5. The Morgan fingerprint density at radius 3 is 2.73 bits per heavy atom. The molecule has 3 nitrogen and oxygen atoms in total. The molecule has 2 aromatic carbocycles. The van der Waals surface area contributed by atoms with Crippen molar-refractivity contribution in [2.24, 2.45) is 0 Å². The van der Waals surface area contributed by atoms with Crippen molar-refractivity contribution in [2.45, 2.75) is 13.8 Å². The van der Waals surface area contributed by atoms with Gasteiger partial charge in [0.05, 0.1) is 5.69 Å². The number of nitrogens with zero attached hydrogens (tertiary/aromatic N) is 1. The van der Waals surface area contributed by atoms with Crippen molar-refractivity contribution in [3.8, 4) is 11.3 Å². The van der Waals surface area contributed by atoms with Gasteiger partial charge in [0, 0.05) is 27.1 Å². The lowest BCUT2D eigenvalue weighted by Gasteiger charge is -2.03. The number of halogens is 2. The van der Waals surface area contributed by atoms with E-state index >= 15 is 0 Å². The maximum atomic E-state index is 12.1. The van der Waals surface area contributed by atoms with Gasteiger partial charge in [-0.1, -0.05) is 47.0 Å². The molecule has 1 heterocycles. The number of nitrogens with one attached hydrogen (secondary N) is 1.